The van der Waals surface area contributed by atoms with Crippen LogP contribution in [-0.2, 0) is 14.8 Å². The number of nitrogens with zero attached hydrogens (tertiary/aromatic N) is 1. The van der Waals surface area contributed by atoms with Crippen molar-refractivity contribution in [3.63, 3.8) is 0 Å². The third-order valence-corrected chi connectivity index (χ3v) is 3.97. The molecule has 4 N–H and O–H groups in total. The number of hydrogen-bond donors (Lipinski definition) is 3. The Hall–Kier alpha value is -0.900. The third-order valence-electron chi connectivity index (χ3n) is 3.04. The van der Waals surface area contributed by atoms with Crippen molar-refractivity contribution >= 4 is 46.4 Å². The van der Waals surface area contributed by atoms with Crippen molar-refractivity contribution in [2.24, 2.45) is 5.14 Å². The first-order valence-corrected chi connectivity index (χ1v) is 7.85. The second-order valence-corrected chi connectivity index (χ2v) is 6.21. The molecule has 0 radical (unpaired) electrons. The number of carbonyl (C=O) groups is 1. The average molecular weight is 371 g/mol. The zero-order chi connectivity index (χ0) is 14.6. The monoisotopic (exact) mass is 370 g/mol. The van der Waals surface area contributed by atoms with E-state index in [2.05, 4.69) is 15.5 Å². The number of sulfonamides is 1. The van der Waals surface area contributed by atoms with Gasteiger partial charge in [-0.1, -0.05) is 0 Å². The summed E-state index contributed by atoms with van der Waals surface area (Å²) in [7, 11) is -3.70. The molecule has 1 amide bonds. The van der Waals surface area contributed by atoms with E-state index >= 15 is 0 Å². The number of hydrogen-bond acceptors (Lipinski definition) is 5. The molecule has 1 saturated heterocycles. The Morgan fingerprint density at radius 1 is 1.18 bits per heavy atom. The molecule has 0 atom stereocenters. The molecular weight excluding hydrogens is 351 g/mol. The SMILES string of the molecule is Cl.Cl.NS(=O)(=O)c1ccc(NC(=O)CN2CCNCC2)cc1. The number of nitrogens with one attached hydrogen (secondary N) is 2. The number of primary sulfonamides is 1. The minimum atomic E-state index is -3.70. The summed E-state index contributed by atoms with van der Waals surface area (Å²) in [5.41, 5.74) is 0.553. The van der Waals surface area contributed by atoms with Crippen LogP contribution in [0, 0.1) is 0 Å². The molecule has 10 heteroatoms. The van der Waals surface area contributed by atoms with Gasteiger partial charge in [0.25, 0.3) is 0 Å². The van der Waals surface area contributed by atoms with E-state index in [1.165, 1.54) is 24.3 Å². The van der Waals surface area contributed by atoms with E-state index < -0.39 is 10.0 Å². The molecule has 126 valence electrons. The molecule has 1 aliphatic rings. The highest BCUT2D eigenvalue weighted by molar-refractivity contribution is 7.89. The molecular formula is C12H20Cl2N4O3S. The molecule has 2 rings (SSSR count). The predicted octanol–water partition coefficient (Wildman–Crippen LogP) is 0.0213. The second kappa shape index (κ2) is 9.29. The molecule has 7 nitrogen and oxygen atoms in total. The zero-order valence-electron chi connectivity index (χ0n) is 11.8. The van der Waals surface area contributed by atoms with Gasteiger partial charge in [0.05, 0.1) is 11.4 Å². The van der Waals surface area contributed by atoms with E-state index in [9.17, 15) is 13.2 Å². The maximum atomic E-state index is 11.8. The summed E-state index contributed by atoms with van der Waals surface area (Å²) in [6, 6.07) is 5.79. The summed E-state index contributed by atoms with van der Waals surface area (Å²) in [4.78, 5) is 13.9. The van der Waals surface area contributed by atoms with Gasteiger partial charge >= 0.3 is 0 Å². The first-order chi connectivity index (χ1) is 9.45. The summed E-state index contributed by atoms with van der Waals surface area (Å²) in [6.07, 6.45) is 0. The molecule has 22 heavy (non-hydrogen) atoms. The van der Waals surface area contributed by atoms with E-state index in [0.29, 0.717) is 12.2 Å². The number of amides is 1. The molecule has 0 spiro atoms. The van der Waals surface area contributed by atoms with Crippen LogP contribution < -0.4 is 15.8 Å². The molecule has 0 aromatic heterocycles. The van der Waals surface area contributed by atoms with E-state index in [0.717, 1.165) is 26.2 Å². The number of carbonyl (C=O) groups excluding carboxylic acids is 1. The van der Waals surface area contributed by atoms with Gasteiger partial charge in [-0.25, -0.2) is 13.6 Å². The Morgan fingerprint density at radius 2 is 1.73 bits per heavy atom. The molecule has 0 bridgehead atoms. The van der Waals surface area contributed by atoms with Crippen molar-refractivity contribution in [3.05, 3.63) is 24.3 Å². The van der Waals surface area contributed by atoms with Crippen LogP contribution in [0.25, 0.3) is 0 Å². The lowest BCUT2D eigenvalue weighted by Gasteiger charge is -2.26. The summed E-state index contributed by atoms with van der Waals surface area (Å²) >= 11 is 0. The van der Waals surface area contributed by atoms with Crippen LogP contribution in [0.2, 0.25) is 0 Å². The lowest BCUT2D eigenvalue weighted by molar-refractivity contribution is -0.117. The van der Waals surface area contributed by atoms with Crippen LogP contribution in [0.1, 0.15) is 0 Å². The minimum Gasteiger partial charge on any atom is -0.325 e. The molecule has 0 saturated carbocycles. The van der Waals surface area contributed by atoms with Crippen LogP contribution >= 0.6 is 24.8 Å². The van der Waals surface area contributed by atoms with Crippen LogP contribution in [0.3, 0.4) is 0 Å². The van der Waals surface area contributed by atoms with Crippen LogP contribution in [0.5, 0.6) is 0 Å². The molecule has 1 fully saturated rings. The normalized spacial score (nSPS) is 15.3. The standard InChI is InChI=1S/C12H18N4O3S.2ClH/c13-20(18,19)11-3-1-10(2-4-11)15-12(17)9-16-7-5-14-6-8-16;;/h1-4,14H,5-9H2,(H,15,17)(H2,13,18,19);2*1H. The van der Waals surface area contributed by atoms with Crippen molar-refractivity contribution in [1.82, 2.24) is 10.2 Å². The smallest absolute Gasteiger partial charge is 0.238 e. The van der Waals surface area contributed by atoms with Gasteiger partial charge in [-0.05, 0) is 24.3 Å². The van der Waals surface area contributed by atoms with Crippen LogP contribution in [0.15, 0.2) is 29.2 Å². The molecule has 1 aromatic carbocycles. The van der Waals surface area contributed by atoms with Gasteiger partial charge in [0, 0.05) is 31.9 Å². The average Bonchev–Trinajstić information content (AvgIpc) is 2.39. The van der Waals surface area contributed by atoms with Gasteiger partial charge in [-0.3, -0.25) is 9.69 Å². The van der Waals surface area contributed by atoms with Gasteiger partial charge in [0.1, 0.15) is 0 Å². The van der Waals surface area contributed by atoms with E-state index in [4.69, 9.17) is 5.14 Å². The maximum absolute atomic E-state index is 11.8. The molecule has 1 aromatic rings. The Kier molecular flexibility index (Phi) is 8.91. The number of nitrogens with two attached hydrogens (primary N) is 1. The summed E-state index contributed by atoms with van der Waals surface area (Å²) in [6.45, 7) is 3.79. The van der Waals surface area contributed by atoms with E-state index in [1.807, 2.05) is 0 Å². The minimum absolute atomic E-state index is 0. The predicted molar refractivity (Wildman–Crippen MR) is 90.3 cm³/mol. The highest BCUT2D eigenvalue weighted by Gasteiger charge is 2.14. The maximum Gasteiger partial charge on any atom is 0.238 e. The number of piperazine rings is 1. The lowest BCUT2D eigenvalue weighted by Crippen LogP contribution is -2.46. The molecule has 0 unspecified atom stereocenters. The first kappa shape index (κ1) is 21.1. The number of halogens is 2. The van der Waals surface area contributed by atoms with Gasteiger partial charge in [0.2, 0.25) is 15.9 Å². The number of benzene rings is 1. The van der Waals surface area contributed by atoms with Crippen LogP contribution in [0.4, 0.5) is 5.69 Å². The molecule has 1 heterocycles. The molecule has 0 aliphatic carbocycles. The van der Waals surface area contributed by atoms with Crippen LogP contribution in [-0.4, -0.2) is 51.9 Å². The number of rotatable bonds is 4. The lowest BCUT2D eigenvalue weighted by atomic mass is 10.3. The second-order valence-electron chi connectivity index (χ2n) is 4.64. The van der Waals surface area contributed by atoms with Gasteiger partial charge < -0.3 is 10.6 Å². The Balaban J connectivity index is 0.00000220. The number of anilines is 1. The summed E-state index contributed by atoms with van der Waals surface area (Å²) in [5, 5.41) is 11.0. The third kappa shape index (κ3) is 6.47. The van der Waals surface area contributed by atoms with Crippen molar-refractivity contribution < 1.29 is 13.2 Å². The Morgan fingerprint density at radius 3 is 2.23 bits per heavy atom. The Bertz CT molecular complexity index is 575. The van der Waals surface area contributed by atoms with Crippen molar-refractivity contribution in [3.8, 4) is 0 Å². The van der Waals surface area contributed by atoms with Crippen molar-refractivity contribution in [2.75, 3.05) is 38.0 Å². The largest absolute Gasteiger partial charge is 0.325 e. The van der Waals surface area contributed by atoms with E-state index in [1.54, 1.807) is 0 Å². The quantitative estimate of drug-likeness (QED) is 0.692. The van der Waals surface area contributed by atoms with Gasteiger partial charge in [-0.2, -0.15) is 0 Å². The fraction of sp³-hybridized carbons (Fsp3) is 0.417. The topological polar surface area (TPSA) is 105 Å². The fourth-order valence-electron chi connectivity index (χ4n) is 2.00. The highest BCUT2D eigenvalue weighted by Crippen LogP contribution is 2.12. The van der Waals surface area contributed by atoms with Crippen molar-refractivity contribution in [2.45, 2.75) is 4.90 Å². The Labute approximate surface area is 142 Å². The van der Waals surface area contributed by atoms with Crippen molar-refractivity contribution in [1.29, 1.82) is 0 Å². The first-order valence-electron chi connectivity index (χ1n) is 6.31. The van der Waals surface area contributed by atoms with Gasteiger partial charge in [-0.15, -0.1) is 24.8 Å². The zero-order valence-corrected chi connectivity index (χ0v) is 14.3. The molecule has 1 aliphatic heterocycles. The summed E-state index contributed by atoms with van der Waals surface area (Å²) in [5.74, 6) is -0.116. The highest BCUT2D eigenvalue weighted by atomic mass is 35.5. The van der Waals surface area contributed by atoms with Gasteiger partial charge in [0.15, 0.2) is 0 Å². The van der Waals surface area contributed by atoms with E-state index in [-0.39, 0.29) is 35.6 Å². The summed E-state index contributed by atoms with van der Waals surface area (Å²) < 4.78 is 22.2. The fourth-order valence-corrected chi connectivity index (χ4v) is 2.52.